The Morgan fingerprint density at radius 3 is 2.83 bits per heavy atom. The molecule has 0 spiro atoms. The molecular formula is C13H13BrFN3. The monoisotopic (exact) mass is 309 g/mol. The van der Waals surface area contributed by atoms with Gasteiger partial charge in [0.05, 0.1) is 10.5 Å². The number of halogens is 2. The maximum atomic E-state index is 13.5. The quantitative estimate of drug-likeness (QED) is 0.674. The van der Waals surface area contributed by atoms with Gasteiger partial charge in [0.15, 0.2) is 0 Å². The Kier molecular flexibility index (Phi) is 4.41. The fraction of sp³-hybridized carbons (Fsp3) is 0.154. The van der Waals surface area contributed by atoms with Crippen molar-refractivity contribution < 1.29 is 4.39 Å². The van der Waals surface area contributed by atoms with Crippen molar-refractivity contribution in [2.75, 3.05) is 0 Å². The summed E-state index contributed by atoms with van der Waals surface area (Å²) in [6.07, 6.45) is 4.14. The lowest BCUT2D eigenvalue weighted by Gasteiger charge is -2.18. The fourth-order valence-corrected chi connectivity index (χ4v) is 2.34. The van der Waals surface area contributed by atoms with Gasteiger partial charge >= 0.3 is 0 Å². The summed E-state index contributed by atoms with van der Waals surface area (Å²) in [5.41, 5.74) is 4.54. The summed E-state index contributed by atoms with van der Waals surface area (Å²) in [5.74, 6) is 5.27. The van der Waals surface area contributed by atoms with Crippen LogP contribution in [-0.4, -0.2) is 4.98 Å². The number of aromatic nitrogens is 1. The zero-order valence-corrected chi connectivity index (χ0v) is 11.2. The highest BCUT2D eigenvalue weighted by Crippen LogP contribution is 2.27. The van der Waals surface area contributed by atoms with Gasteiger partial charge in [-0.3, -0.25) is 16.3 Å². The molecule has 0 aliphatic carbocycles. The molecule has 1 atom stereocenters. The molecule has 0 aliphatic heterocycles. The summed E-state index contributed by atoms with van der Waals surface area (Å²) in [5, 5.41) is 0. The van der Waals surface area contributed by atoms with Gasteiger partial charge in [-0.05, 0) is 45.6 Å². The molecule has 0 amide bonds. The largest absolute Gasteiger partial charge is 0.271 e. The third-order valence-electron chi connectivity index (χ3n) is 2.72. The highest BCUT2D eigenvalue weighted by atomic mass is 79.9. The number of hydrogen-bond donors (Lipinski definition) is 2. The molecular weight excluding hydrogens is 297 g/mol. The molecule has 0 aliphatic rings. The van der Waals surface area contributed by atoms with E-state index in [4.69, 9.17) is 5.84 Å². The van der Waals surface area contributed by atoms with Crippen LogP contribution in [0.4, 0.5) is 4.39 Å². The average molecular weight is 310 g/mol. The van der Waals surface area contributed by atoms with Crippen LogP contribution < -0.4 is 11.3 Å². The van der Waals surface area contributed by atoms with Crippen molar-refractivity contribution in [3.63, 3.8) is 0 Å². The zero-order chi connectivity index (χ0) is 13.0. The first-order chi connectivity index (χ1) is 8.72. The van der Waals surface area contributed by atoms with E-state index in [-0.39, 0.29) is 11.9 Å². The second-order valence-electron chi connectivity index (χ2n) is 3.93. The number of nitrogens with two attached hydrogens (primary N) is 1. The Balaban J connectivity index is 2.26. The number of hydrogen-bond acceptors (Lipinski definition) is 3. The highest BCUT2D eigenvalue weighted by Gasteiger charge is 2.15. The molecule has 2 aromatic rings. The van der Waals surface area contributed by atoms with E-state index >= 15 is 0 Å². The van der Waals surface area contributed by atoms with Crippen molar-refractivity contribution in [1.29, 1.82) is 0 Å². The topological polar surface area (TPSA) is 50.9 Å². The first-order valence-corrected chi connectivity index (χ1v) is 6.30. The number of benzene rings is 1. The summed E-state index contributed by atoms with van der Waals surface area (Å²) < 4.78 is 13.9. The second kappa shape index (κ2) is 6.04. The van der Waals surface area contributed by atoms with Crippen molar-refractivity contribution in [3.05, 3.63) is 64.1 Å². The number of rotatable bonds is 4. The average Bonchev–Trinajstić information content (AvgIpc) is 2.41. The molecule has 0 radical (unpaired) electrons. The lowest BCUT2D eigenvalue weighted by molar-refractivity contribution is 0.539. The van der Waals surface area contributed by atoms with Gasteiger partial charge in [0, 0.05) is 12.4 Å². The van der Waals surface area contributed by atoms with Crippen LogP contribution in [0.15, 0.2) is 47.2 Å². The molecule has 1 aromatic carbocycles. The molecule has 0 fully saturated rings. The third-order valence-corrected chi connectivity index (χ3v) is 3.56. The van der Waals surface area contributed by atoms with Crippen molar-refractivity contribution in [2.24, 2.45) is 5.84 Å². The van der Waals surface area contributed by atoms with Crippen LogP contribution in [-0.2, 0) is 6.42 Å². The predicted molar refractivity (Wildman–Crippen MR) is 72.1 cm³/mol. The second-order valence-corrected chi connectivity index (χ2v) is 4.72. The first kappa shape index (κ1) is 13.1. The minimum atomic E-state index is -0.293. The molecule has 0 bridgehead atoms. The summed E-state index contributed by atoms with van der Waals surface area (Å²) in [7, 11) is 0. The summed E-state index contributed by atoms with van der Waals surface area (Å²) in [4.78, 5) is 4.05. The molecule has 3 nitrogen and oxygen atoms in total. The van der Waals surface area contributed by atoms with Crippen molar-refractivity contribution in [2.45, 2.75) is 12.5 Å². The fourth-order valence-electron chi connectivity index (χ4n) is 1.80. The maximum Gasteiger partial charge on any atom is 0.137 e. The van der Waals surface area contributed by atoms with Gasteiger partial charge in [-0.1, -0.05) is 18.2 Å². The van der Waals surface area contributed by atoms with E-state index in [0.717, 1.165) is 11.1 Å². The van der Waals surface area contributed by atoms with Crippen LogP contribution in [0.1, 0.15) is 17.2 Å². The van der Waals surface area contributed by atoms with E-state index in [2.05, 4.69) is 26.3 Å². The molecule has 3 N–H and O–H groups in total. The molecule has 1 heterocycles. The van der Waals surface area contributed by atoms with Crippen LogP contribution in [0.25, 0.3) is 0 Å². The third kappa shape index (κ3) is 2.93. The maximum absolute atomic E-state index is 13.5. The van der Waals surface area contributed by atoms with Crippen LogP contribution in [0.2, 0.25) is 0 Å². The van der Waals surface area contributed by atoms with Crippen LogP contribution in [0.3, 0.4) is 0 Å². The van der Waals surface area contributed by atoms with Gasteiger partial charge in [-0.2, -0.15) is 0 Å². The molecule has 5 heteroatoms. The normalized spacial score (nSPS) is 12.4. The molecule has 0 saturated carbocycles. The molecule has 1 aromatic heterocycles. The Labute approximate surface area is 113 Å². The van der Waals surface area contributed by atoms with Gasteiger partial charge in [0.1, 0.15) is 5.82 Å². The highest BCUT2D eigenvalue weighted by molar-refractivity contribution is 9.10. The van der Waals surface area contributed by atoms with E-state index in [1.54, 1.807) is 18.5 Å². The van der Waals surface area contributed by atoms with Gasteiger partial charge in [0.25, 0.3) is 0 Å². The Hall–Kier alpha value is -1.30. The van der Waals surface area contributed by atoms with Gasteiger partial charge in [0.2, 0.25) is 0 Å². The molecule has 18 heavy (non-hydrogen) atoms. The molecule has 94 valence electrons. The summed E-state index contributed by atoms with van der Waals surface area (Å²) in [6, 6.07) is 8.58. The van der Waals surface area contributed by atoms with E-state index in [9.17, 15) is 4.39 Å². The standard InChI is InChI=1S/C13H13BrFN3/c14-13-10(4-1-5-11(13)15)12(18-16)7-9-3-2-6-17-8-9/h1-6,8,12,18H,7,16H2. The van der Waals surface area contributed by atoms with E-state index < -0.39 is 0 Å². The number of nitrogens with zero attached hydrogens (tertiary/aromatic N) is 1. The van der Waals surface area contributed by atoms with E-state index in [1.807, 2.05) is 18.2 Å². The summed E-state index contributed by atoms with van der Waals surface area (Å²) in [6.45, 7) is 0. The predicted octanol–water partition coefficient (Wildman–Crippen LogP) is 2.73. The lowest BCUT2D eigenvalue weighted by Crippen LogP contribution is -2.30. The zero-order valence-electron chi connectivity index (χ0n) is 9.61. The molecule has 1 unspecified atom stereocenters. The van der Waals surface area contributed by atoms with Crippen LogP contribution in [0.5, 0.6) is 0 Å². The van der Waals surface area contributed by atoms with E-state index in [0.29, 0.717) is 10.9 Å². The minimum absolute atomic E-state index is 0.167. The Morgan fingerprint density at radius 2 is 2.17 bits per heavy atom. The SMILES string of the molecule is NNC(Cc1cccnc1)c1cccc(F)c1Br. The van der Waals surface area contributed by atoms with Gasteiger partial charge in [-0.25, -0.2) is 4.39 Å². The first-order valence-electron chi connectivity index (χ1n) is 5.51. The van der Waals surface area contributed by atoms with E-state index in [1.165, 1.54) is 6.07 Å². The Morgan fingerprint density at radius 1 is 1.33 bits per heavy atom. The molecule has 2 rings (SSSR count). The Bertz CT molecular complexity index is 519. The number of pyridine rings is 1. The number of hydrazine groups is 1. The smallest absolute Gasteiger partial charge is 0.137 e. The van der Waals surface area contributed by atoms with Gasteiger partial charge < -0.3 is 0 Å². The van der Waals surface area contributed by atoms with Crippen molar-refractivity contribution in [1.82, 2.24) is 10.4 Å². The van der Waals surface area contributed by atoms with Crippen molar-refractivity contribution >= 4 is 15.9 Å². The van der Waals surface area contributed by atoms with Crippen molar-refractivity contribution in [3.8, 4) is 0 Å². The minimum Gasteiger partial charge on any atom is -0.271 e. The summed E-state index contributed by atoms with van der Waals surface area (Å²) >= 11 is 3.25. The lowest BCUT2D eigenvalue weighted by atomic mass is 10.0. The molecule has 0 saturated heterocycles. The number of nitrogens with one attached hydrogen (secondary N) is 1. The van der Waals surface area contributed by atoms with Crippen LogP contribution in [0, 0.1) is 5.82 Å². The van der Waals surface area contributed by atoms with Gasteiger partial charge in [-0.15, -0.1) is 0 Å². The van der Waals surface area contributed by atoms with Crippen LogP contribution >= 0.6 is 15.9 Å².